The fourth-order valence-electron chi connectivity index (χ4n) is 3.63. The van der Waals surface area contributed by atoms with Crippen LogP contribution in [0.5, 0.6) is 0 Å². The van der Waals surface area contributed by atoms with E-state index in [0.717, 1.165) is 36.2 Å². The molecule has 176 valence electrons. The molecule has 8 nitrogen and oxygen atoms in total. The molecule has 0 saturated carbocycles. The third-order valence-corrected chi connectivity index (χ3v) is 5.32. The maximum Gasteiger partial charge on any atom is 0.408 e. The lowest BCUT2D eigenvalue weighted by Gasteiger charge is -2.22. The summed E-state index contributed by atoms with van der Waals surface area (Å²) in [5.74, 6) is -0.286. The van der Waals surface area contributed by atoms with Gasteiger partial charge >= 0.3 is 6.09 Å². The summed E-state index contributed by atoms with van der Waals surface area (Å²) in [5, 5.41) is 8.27. The number of benzene rings is 2. The molecular weight excluding hydrogens is 420 g/mol. The molecule has 0 spiro atoms. The molecule has 2 aromatic carbocycles. The highest BCUT2D eigenvalue weighted by atomic mass is 16.6. The molecule has 0 aromatic heterocycles. The Hall–Kier alpha value is -3.39. The van der Waals surface area contributed by atoms with Crippen molar-refractivity contribution < 1.29 is 19.1 Å². The molecule has 0 aliphatic carbocycles. The number of hydrogen-bond acceptors (Lipinski definition) is 5. The lowest BCUT2D eigenvalue weighted by atomic mass is 10.1. The van der Waals surface area contributed by atoms with Crippen LogP contribution in [0.25, 0.3) is 0 Å². The molecular formula is C25H32N4O4. The summed E-state index contributed by atoms with van der Waals surface area (Å²) in [6, 6.07) is 14.5. The highest BCUT2D eigenvalue weighted by molar-refractivity contribution is 5.98. The van der Waals surface area contributed by atoms with E-state index in [0.29, 0.717) is 6.42 Å². The van der Waals surface area contributed by atoms with Gasteiger partial charge in [0, 0.05) is 11.4 Å². The van der Waals surface area contributed by atoms with Crippen molar-refractivity contribution in [1.82, 2.24) is 5.32 Å². The normalized spacial score (nSPS) is 19.8. The van der Waals surface area contributed by atoms with E-state index in [-0.39, 0.29) is 17.9 Å². The first-order chi connectivity index (χ1) is 15.6. The minimum absolute atomic E-state index is 0.0787. The molecule has 3 amide bonds. The number of anilines is 2. The molecule has 5 N–H and O–H groups in total. The lowest BCUT2D eigenvalue weighted by molar-refractivity contribution is -0.118. The largest absolute Gasteiger partial charge is 0.444 e. The second-order valence-electron chi connectivity index (χ2n) is 9.18. The molecule has 8 heteroatoms. The van der Waals surface area contributed by atoms with E-state index in [4.69, 9.17) is 10.5 Å². The molecule has 33 heavy (non-hydrogen) atoms. The number of para-hydroxylation sites is 2. The van der Waals surface area contributed by atoms with Crippen molar-refractivity contribution in [3.8, 4) is 0 Å². The smallest absolute Gasteiger partial charge is 0.408 e. The van der Waals surface area contributed by atoms with Crippen LogP contribution in [0.2, 0.25) is 0 Å². The Kier molecular flexibility index (Phi) is 7.71. The number of carbonyl (C=O) groups is 3. The van der Waals surface area contributed by atoms with E-state index in [1.54, 1.807) is 20.8 Å². The van der Waals surface area contributed by atoms with Crippen LogP contribution >= 0.6 is 0 Å². The predicted octanol–water partition coefficient (Wildman–Crippen LogP) is 3.36. The van der Waals surface area contributed by atoms with Gasteiger partial charge in [0.15, 0.2) is 0 Å². The lowest BCUT2D eigenvalue weighted by Crippen LogP contribution is -2.45. The minimum Gasteiger partial charge on any atom is -0.444 e. The van der Waals surface area contributed by atoms with Crippen LogP contribution in [0, 0.1) is 0 Å². The van der Waals surface area contributed by atoms with E-state index in [1.807, 2.05) is 48.5 Å². The number of hydrogen-bond donors (Lipinski definition) is 4. The molecule has 0 radical (unpaired) electrons. The van der Waals surface area contributed by atoms with Crippen LogP contribution in [0.3, 0.4) is 0 Å². The van der Waals surface area contributed by atoms with E-state index < -0.39 is 17.7 Å². The van der Waals surface area contributed by atoms with Gasteiger partial charge in [-0.1, -0.05) is 36.4 Å². The second kappa shape index (κ2) is 10.5. The Morgan fingerprint density at radius 2 is 1.42 bits per heavy atom. The summed E-state index contributed by atoms with van der Waals surface area (Å²) in [5.41, 5.74) is 9.03. The van der Waals surface area contributed by atoms with Crippen molar-refractivity contribution in [2.75, 3.05) is 10.6 Å². The Bertz CT molecular complexity index is 1020. The predicted molar refractivity (Wildman–Crippen MR) is 128 cm³/mol. The number of alkyl carbamates (subject to hydrolysis) is 1. The standard InChI is InChI=1S/C15H20N2O3.C10H12N2O/c1-15(2,3)20-14(19)17-12-9-8-10-6-4-5-7-11(10)16-13(12)18;11-8-6-5-7-3-1-2-4-9(7)12-10(8)13/h4-7,12H,8-9H2,1-3H3,(H,16,18)(H,17,19);1-4,8H,5-6,11H2,(H,12,13)/t12-;8-/m00/s1. The summed E-state index contributed by atoms with van der Waals surface area (Å²) in [4.78, 5) is 35.2. The molecule has 2 atom stereocenters. The van der Waals surface area contributed by atoms with Gasteiger partial charge in [0.25, 0.3) is 0 Å². The number of amides is 3. The average molecular weight is 453 g/mol. The van der Waals surface area contributed by atoms with Gasteiger partial charge in [0.1, 0.15) is 11.6 Å². The second-order valence-corrected chi connectivity index (χ2v) is 9.18. The third-order valence-electron chi connectivity index (χ3n) is 5.32. The van der Waals surface area contributed by atoms with Crippen LogP contribution in [-0.2, 0) is 27.2 Å². The zero-order chi connectivity index (χ0) is 24.0. The Morgan fingerprint density at radius 1 is 0.909 bits per heavy atom. The van der Waals surface area contributed by atoms with E-state index in [9.17, 15) is 14.4 Å². The van der Waals surface area contributed by atoms with Crippen LogP contribution in [0.4, 0.5) is 16.2 Å². The van der Waals surface area contributed by atoms with Gasteiger partial charge in [-0.3, -0.25) is 9.59 Å². The van der Waals surface area contributed by atoms with Crippen molar-refractivity contribution in [3.63, 3.8) is 0 Å². The number of nitrogens with one attached hydrogen (secondary N) is 3. The fraction of sp³-hybridized carbons (Fsp3) is 0.400. The SMILES string of the molecule is CC(C)(C)OC(=O)N[C@H]1CCc2ccccc2NC1=O.N[C@H]1CCc2ccccc2NC1=O. The van der Waals surface area contributed by atoms with Crippen molar-refractivity contribution >= 4 is 29.3 Å². The summed E-state index contributed by atoms with van der Waals surface area (Å²) < 4.78 is 5.18. The Balaban J connectivity index is 0.000000203. The van der Waals surface area contributed by atoms with Gasteiger partial charge in [0.2, 0.25) is 11.8 Å². The third kappa shape index (κ3) is 7.05. The molecule has 2 heterocycles. The first-order valence-corrected chi connectivity index (χ1v) is 11.1. The highest BCUT2D eigenvalue weighted by Gasteiger charge is 2.27. The van der Waals surface area contributed by atoms with Crippen LogP contribution in [0.1, 0.15) is 44.7 Å². The molecule has 0 bridgehead atoms. The van der Waals surface area contributed by atoms with Crippen LogP contribution in [0.15, 0.2) is 48.5 Å². The maximum atomic E-state index is 12.1. The Labute approximate surface area is 194 Å². The van der Waals surface area contributed by atoms with Gasteiger partial charge in [-0.15, -0.1) is 0 Å². The number of rotatable bonds is 1. The summed E-state index contributed by atoms with van der Waals surface area (Å²) in [6.45, 7) is 5.36. The topological polar surface area (TPSA) is 123 Å². The summed E-state index contributed by atoms with van der Waals surface area (Å²) in [7, 11) is 0. The molecule has 2 aromatic rings. The van der Waals surface area contributed by atoms with Crippen molar-refractivity contribution in [2.24, 2.45) is 5.73 Å². The van der Waals surface area contributed by atoms with Gasteiger partial charge in [-0.05, 0) is 69.7 Å². The molecule has 0 unspecified atom stereocenters. The number of nitrogens with two attached hydrogens (primary N) is 1. The van der Waals surface area contributed by atoms with Gasteiger partial charge in [-0.2, -0.15) is 0 Å². The highest BCUT2D eigenvalue weighted by Crippen LogP contribution is 2.22. The monoisotopic (exact) mass is 452 g/mol. The molecule has 0 fully saturated rings. The number of fused-ring (bicyclic) bond motifs is 2. The first-order valence-electron chi connectivity index (χ1n) is 11.1. The van der Waals surface area contributed by atoms with Crippen molar-refractivity contribution in [2.45, 2.75) is 64.1 Å². The number of carbonyl (C=O) groups excluding carboxylic acids is 3. The van der Waals surface area contributed by atoms with Crippen molar-refractivity contribution in [3.05, 3.63) is 59.7 Å². The van der Waals surface area contributed by atoms with Crippen LogP contribution in [-0.4, -0.2) is 35.6 Å². The van der Waals surface area contributed by atoms with Gasteiger partial charge in [0.05, 0.1) is 6.04 Å². The summed E-state index contributed by atoms with van der Waals surface area (Å²) in [6.07, 6.45) is 2.32. The van der Waals surface area contributed by atoms with Gasteiger partial charge in [-0.25, -0.2) is 4.79 Å². The Morgan fingerprint density at radius 3 is 2.00 bits per heavy atom. The quantitative estimate of drug-likeness (QED) is 0.528. The number of ether oxygens (including phenoxy) is 1. The summed E-state index contributed by atoms with van der Waals surface area (Å²) >= 11 is 0. The minimum atomic E-state index is -0.575. The average Bonchev–Trinajstić information content (AvgIpc) is 2.99. The van der Waals surface area contributed by atoms with E-state index in [2.05, 4.69) is 16.0 Å². The van der Waals surface area contributed by atoms with Crippen molar-refractivity contribution in [1.29, 1.82) is 0 Å². The maximum absolute atomic E-state index is 12.1. The molecule has 2 aliphatic heterocycles. The molecule has 4 rings (SSSR count). The number of aryl methyl sites for hydroxylation is 2. The van der Waals surface area contributed by atoms with Crippen LogP contribution < -0.4 is 21.7 Å². The fourth-order valence-corrected chi connectivity index (χ4v) is 3.63. The van der Waals surface area contributed by atoms with E-state index >= 15 is 0 Å². The molecule has 0 saturated heterocycles. The molecule has 2 aliphatic rings. The van der Waals surface area contributed by atoms with Gasteiger partial charge < -0.3 is 26.4 Å². The van der Waals surface area contributed by atoms with E-state index in [1.165, 1.54) is 5.56 Å². The zero-order valence-electron chi connectivity index (χ0n) is 19.3. The zero-order valence-corrected chi connectivity index (χ0v) is 19.3. The first kappa shape index (κ1) is 24.3.